The summed E-state index contributed by atoms with van der Waals surface area (Å²) < 4.78 is 4.99. The summed E-state index contributed by atoms with van der Waals surface area (Å²) in [5.41, 5.74) is 0.408. The molecule has 1 saturated carbocycles. The first-order valence-corrected chi connectivity index (χ1v) is 7.88. The Morgan fingerprint density at radius 1 is 1.25 bits per heavy atom. The monoisotopic (exact) mass is 335 g/mol. The molecule has 0 aromatic carbocycles. The lowest BCUT2D eigenvalue weighted by Gasteiger charge is -2.15. The maximum Gasteiger partial charge on any atom is 0.355 e. The van der Waals surface area contributed by atoms with Crippen LogP contribution in [0.3, 0.4) is 0 Å². The molecule has 1 fully saturated rings. The zero-order chi connectivity index (χ0) is 17.7. The summed E-state index contributed by atoms with van der Waals surface area (Å²) in [5, 5.41) is 4.87. The molecule has 0 saturated heterocycles. The van der Waals surface area contributed by atoms with E-state index in [1.165, 1.54) is 26.1 Å². The van der Waals surface area contributed by atoms with Crippen molar-refractivity contribution in [3.05, 3.63) is 23.5 Å². The normalized spacial score (nSPS) is 15.6. The highest BCUT2D eigenvalue weighted by atomic mass is 16.5. The second kappa shape index (κ2) is 7.76. The number of amides is 3. The Labute approximate surface area is 139 Å². The molecular formula is C16H21N3O5. The zero-order valence-corrected chi connectivity index (χ0v) is 13.7. The van der Waals surface area contributed by atoms with E-state index in [0.29, 0.717) is 5.56 Å². The van der Waals surface area contributed by atoms with E-state index in [0.717, 1.165) is 25.7 Å². The van der Waals surface area contributed by atoms with Gasteiger partial charge in [-0.05, 0) is 32.8 Å². The molecule has 2 rings (SSSR count). The molecule has 3 amide bonds. The van der Waals surface area contributed by atoms with Crippen LogP contribution in [0.4, 0.5) is 4.79 Å². The molecule has 3 N–H and O–H groups in total. The van der Waals surface area contributed by atoms with Crippen molar-refractivity contribution in [3.63, 3.8) is 0 Å². The van der Waals surface area contributed by atoms with Gasteiger partial charge >= 0.3 is 12.0 Å². The Morgan fingerprint density at radius 3 is 2.50 bits per heavy atom. The molecule has 1 aliphatic carbocycles. The molecule has 0 bridgehead atoms. The highest BCUT2D eigenvalue weighted by Gasteiger charge is 2.23. The first-order valence-electron chi connectivity index (χ1n) is 7.88. The van der Waals surface area contributed by atoms with Gasteiger partial charge in [0.2, 0.25) is 0 Å². The fourth-order valence-electron chi connectivity index (χ4n) is 2.50. The lowest BCUT2D eigenvalue weighted by atomic mass is 10.2. The number of carbonyl (C=O) groups excluding carboxylic acids is 4. The Balaban J connectivity index is 1.82. The molecular weight excluding hydrogens is 314 g/mol. The average molecular weight is 335 g/mol. The van der Waals surface area contributed by atoms with Crippen LogP contribution in [-0.4, -0.2) is 40.8 Å². The number of nitrogens with one attached hydrogen (secondary N) is 3. The predicted molar refractivity (Wildman–Crippen MR) is 84.6 cm³/mol. The molecule has 24 heavy (non-hydrogen) atoms. The van der Waals surface area contributed by atoms with Gasteiger partial charge < -0.3 is 15.0 Å². The third-order valence-electron chi connectivity index (χ3n) is 3.89. The van der Waals surface area contributed by atoms with Gasteiger partial charge in [-0.1, -0.05) is 12.8 Å². The van der Waals surface area contributed by atoms with Gasteiger partial charge in [-0.25, -0.2) is 9.59 Å². The molecule has 0 spiro atoms. The van der Waals surface area contributed by atoms with Crippen molar-refractivity contribution in [3.8, 4) is 0 Å². The summed E-state index contributed by atoms with van der Waals surface area (Å²) in [4.78, 5) is 49.3. The van der Waals surface area contributed by atoms with Crippen molar-refractivity contribution >= 4 is 23.7 Å². The summed E-state index contributed by atoms with van der Waals surface area (Å²) in [6.45, 7) is 2.74. The van der Waals surface area contributed by atoms with E-state index < -0.39 is 24.0 Å². The van der Waals surface area contributed by atoms with Crippen LogP contribution in [0.1, 0.15) is 60.4 Å². The van der Waals surface area contributed by atoms with Gasteiger partial charge in [0.1, 0.15) is 5.69 Å². The van der Waals surface area contributed by atoms with Crippen LogP contribution < -0.4 is 10.6 Å². The van der Waals surface area contributed by atoms with Gasteiger partial charge in [-0.2, -0.15) is 0 Å². The molecule has 8 heteroatoms. The number of ketones is 1. The summed E-state index contributed by atoms with van der Waals surface area (Å²) in [7, 11) is 0. The van der Waals surface area contributed by atoms with Crippen molar-refractivity contribution in [2.24, 2.45) is 0 Å². The van der Waals surface area contributed by atoms with E-state index in [-0.39, 0.29) is 17.5 Å². The number of aromatic nitrogens is 1. The number of hydrogen-bond donors (Lipinski definition) is 3. The summed E-state index contributed by atoms with van der Waals surface area (Å²) in [6, 6.07) is 0.843. The second-order valence-electron chi connectivity index (χ2n) is 5.85. The fraction of sp³-hybridized carbons (Fsp3) is 0.500. The minimum atomic E-state index is -1.14. The molecule has 1 aliphatic rings. The van der Waals surface area contributed by atoms with Crippen molar-refractivity contribution < 1.29 is 23.9 Å². The molecule has 0 aliphatic heterocycles. The van der Waals surface area contributed by atoms with Gasteiger partial charge in [-0.15, -0.1) is 0 Å². The lowest BCUT2D eigenvalue weighted by Crippen LogP contribution is -2.47. The maximum atomic E-state index is 11.9. The first kappa shape index (κ1) is 17.7. The van der Waals surface area contributed by atoms with Crippen LogP contribution >= 0.6 is 0 Å². The number of hydrogen-bond acceptors (Lipinski definition) is 5. The number of H-pyrrole nitrogens is 1. The van der Waals surface area contributed by atoms with Crippen LogP contribution in [0.15, 0.2) is 12.3 Å². The van der Waals surface area contributed by atoms with E-state index in [4.69, 9.17) is 4.74 Å². The van der Waals surface area contributed by atoms with Gasteiger partial charge in [0, 0.05) is 17.8 Å². The van der Waals surface area contributed by atoms with Gasteiger partial charge in [0.25, 0.3) is 5.91 Å². The van der Waals surface area contributed by atoms with E-state index in [2.05, 4.69) is 15.6 Å². The summed E-state index contributed by atoms with van der Waals surface area (Å²) >= 11 is 0. The number of aromatic amines is 1. The SMILES string of the molecule is CC(=O)c1c[nH]c(C(=O)O[C@@H](C)C(=O)NC(=O)NC2CCCC2)c1. The average Bonchev–Trinajstić information content (AvgIpc) is 3.17. The molecule has 1 heterocycles. The smallest absolute Gasteiger partial charge is 0.355 e. The van der Waals surface area contributed by atoms with E-state index in [1.807, 2.05) is 0 Å². The molecule has 8 nitrogen and oxygen atoms in total. The number of ether oxygens (including phenoxy) is 1. The Kier molecular flexibility index (Phi) is 5.73. The quantitative estimate of drug-likeness (QED) is 0.557. The third kappa shape index (κ3) is 4.68. The molecule has 1 atom stereocenters. The number of imide groups is 1. The van der Waals surface area contributed by atoms with Crippen molar-refractivity contribution in [2.75, 3.05) is 0 Å². The third-order valence-corrected chi connectivity index (χ3v) is 3.89. The number of rotatable bonds is 5. The number of esters is 1. The number of Topliss-reactive ketones (excluding diaryl/α,β-unsaturated/α-hetero) is 1. The first-order chi connectivity index (χ1) is 11.4. The van der Waals surface area contributed by atoms with Gasteiger partial charge in [-0.3, -0.25) is 14.9 Å². The standard InChI is InChI=1S/C16H21N3O5/c1-9(20)11-7-13(17-8-11)15(22)24-10(2)14(21)19-16(23)18-12-5-3-4-6-12/h7-8,10,12,17H,3-6H2,1-2H3,(H2,18,19,21,23)/t10-/m0/s1. The van der Waals surface area contributed by atoms with Crippen molar-refractivity contribution in [2.45, 2.75) is 51.7 Å². The Bertz CT molecular complexity index is 646. The van der Waals surface area contributed by atoms with Crippen molar-refractivity contribution in [1.29, 1.82) is 0 Å². The van der Waals surface area contributed by atoms with Crippen LogP contribution in [-0.2, 0) is 9.53 Å². The minimum absolute atomic E-state index is 0.0651. The molecule has 0 radical (unpaired) electrons. The highest BCUT2D eigenvalue weighted by Crippen LogP contribution is 2.17. The maximum absolute atomic E-state index is 11.9. The molecule has 1 aromatic heterocycles. The van der Waals surface area contributed by atoms with Gasteiger partial charge in [0.05, 0.1) is 0 Å². The van der Waals surface area contributed by atoms with E-state index in [9.17, 15) is 19.2 Å². The summed E-state index contributed by atoms with van der Waals surface area (Å²) in [6.07, 6.45) is 4.17. The van der Waals surface area contributed by atoms with Crippen LogP contribution in [0.2, 0.25) is 0 Å². The lowest BCUT2D eigenvalue weighted by molar-refractivity contribution is -0.127. The van der Waals surface area contributed by atoms with E-state index in [1.54, 1.807) is 0 Å². The number of urea groups is 1. The molecule has 1 aromatic rings. The largest absolute Gasteiger partial charge is 0.448 e. The summed E-state index contributed by atoms with van der Waals surface area (Å²) in [5.74, 6) is -1.68. The van der Waals surface area contributed by atoms with Crippen molar-refractivity contribution in [1.82, 2.24) is 15.6 Å². The minimum Gasteiger partial charge on any atom is -0.448 e. The molecule has 130 valence electrons. The Morgan fingerprint density at radius 2 is 1.92 bits per heavy atom. The number of carbonyl (C=O) groups is 4. The van der Waals surface area contributed by atoms with Gasteiger partial charge in [0.15, 0.2) is 11.9 Å². The topological polar surface area (TPSA) is 117 Å². The predicted octanol–water partition coefficient (Wildman–Crippen LogP) is 1.53. The zero-order valence-electron chi connectivity index (χ0n) is 13.7. The fourth-order valence-corrected chi connectivity index (χ4v) is 2.50. The highest BCUT2D eigenvalue weighted by molar-refractivity contribution is 5.99. The van der Waals surface area contributed by atoms with Crippen LogP contribution in [0, 0.1) is 0 Å². The van der Waals surface area contributed by atoms with Crippen LogP contribution in [0.5, 0.6) is 0 Å². The van der Waals surface area contributed by atoms with Crippen LogP contribution in [0.25, 0.3) is 0 Å². The van der Waals surface area contributed by atoms with E-state index >= 15 is 0 Å². The second-order valence-corrected chi connectivity index (χ2v) is 5.85. The molecule has 0 unspecified atom stereocenters. The Hall–Kier alpha value is -2.64.